The summed E-state index contributed by atoms with van der Waals surface area (Å²) in [6.45, 7) is 6.17. The summed E-state index contributed by atoms with van der Waals surface area (Å²) in [5.74, 6) is -0.587. The molecule has 19 heavy (non-hydrogen) atoms. The van der Waals surface area contributed by atoms with Gasteiger partial charge in [0, 0.05) is 12.1 Å². The molecule has 0 fully saturated rings. The first kappa shape index (κ1) is 18.4. The molecule has 0 radical (unpaired) electrons. The second-order valence-electron chi connectivity index (χ2n) is 4.86. The maximum Gasteiger partial charge on any atom is 0.251 e. The van der Waals surface area contributed by atoms with Gasteiger partial charge in [-0.3, -0.25) is 4.79 Å². The van der Waals surface area contributed by atoms with Gasteiger partial charge in [-0.05, 0) is 47.0 Å². The largest absolute Gasteiger partial charge is 0.345 e. The molecule has 0 saturated carbocycles. The highest BCUT2D eigenvalue weighted by molar-refractivity contribution is 9.10. The van der Waals surface area contributed by atoms with Crippen LogP contribution in [0.2, 0.25) is 0 Å². The van der Waals surface area contributed by atoms with Crippen molar-refractivity contribution in [1.82, 2.24) is 5.32 Å². The third-order valence-electron chi connectivity index (χ3n) is 3.28. The van der Waals surface area contributed by atoms with Gasteiger partial charge in [-0.15, -0.1) is 12.4 Å². The van der Waals surface area contributed by atoms with Gasteiger partial charge in [0.1, 0.15) is 5.82 Å². The summed E-state index contributed by atoms with van der Waals surface area (Å²) in [5.41, 5.74) is 5.48. The van der Waals surface area contributed by atoms with Crippen LogP contribution >= 0.6 is 28.3 Å². The van der Waals surface area contributed by atoms with Crippen molar-refractivity contribution in [2.75, 3.05) is 6.54 Å². The van der Waals surface area contributed by atoms with Crippen molar-refractivity contribution in [2.45, 2.75) is 26.3 Å². The molecule has 0 aromatic heterocycles. The van der Waals surface area contributed by atoms with Crippen molar-refractivity contribution in [3.05, 3.63) is 34.1 Å². The van der Waals surface area contributed by atoms with Crippen LogP contribution in [0.15, 0.2) is 22.7 Å². The molecule has 1 atom stereocenters. The smallest absolute Gasteiger partial charge is 0.251 e. The lowest BCUT2D eigenvalue weighted by molar-refractivity contribution is 0.0882. The van der Waals surface area contributed by atoms with E-state index in [0.29, 0.717) is 11.0 Å². The predicted octanol–water partition coefficient (Wildman–Crippen LogP) is 3.11. The molecule has 0 bridgehead atoms. The molecule has 1 aromatic rings. The van der Waals surface area contributed by atoms with Crippen molar-refractivity contribution < 1.29 is 9.18 Å². The van der Waals surface area contributed by atoms with Gasteiger partial charge in [-0.25, -0.2) is 4.39 Å². The minimum atomic E-state index is -0.499. The van der Waals surface area contributed by atoms with Gasteiger partial charge in [0.15, 0.2) is 0 Å². The van der Waals surface area contributed by atoms with Gasteiger partial charge in [0.25, 0.3) is 5.91 Å². The van der Waals surface area contributed by atoms with E-state index < -0.39 is 11.4 Å². The molecule has 0 saturated heterocycles. The molecule has 6 heteroatoms. The van der Waals surface area contributed by atoms with E-state index in [9.17, 15) is 9.18 Å². The second kappa shape index (κ2) is 7.22. The summed E-state index contributed by atoms with van der Waals surface area (Å²) in [4.78, 5) is 12.0. The predicted molar refractivity (Wildman–Crippen MR) is 81.1 cm³/mol. The quantitative estimate of drug-likeness (QED) is 0.874. The third kappa shape index (κ3) is 4.44. The van der Waals surface area contributed by atoms with E-state index in [-0.39, 0.29) is 29.8 Å². The molecule has 1 rings (SSSR count). The van der Waals surface area contributed by atoms with Gasteiger partial charge >= 0.3 is 0 Å². The minimum absolute atomic E-state index is 0. The van der Waals surface area contributed by atoms with E-state index in [1.165, 1.54) is 12.1 Å². The van der Waals surface area contributed by atoms with E-state index in [1.54, 1.807) is 6.07 Å². The van der Waals surface area contributed by atoms with Crippen LogP contribution in [-0.2, 0) is 0 Å². The molecule has 3 N–H and O–H groups in total. The molecule has 0 spiro atoms. The number of amides is 1. The Morgan fingerprint density at radius 2 is 2.11 bits per heavy atom. The number of hydrogen-bond acceptors (Lipinski definition) is 2. The second-order valence-corrected chi connectivity index (χ2v) is 5.71. The molecule has 1 unspecified atom stereocenters. The molecule has 3 nitrogen and oxygen atoms in total. The van der Waals surface area contributed by atoms with Crippen molar-refractivity contribution >= 4 is 34.2 Å². The van der Waals surface area contributed by atoms with E-state index in [4.69, 9.17) is 5.73 Å². The topological polar surface area (TPSA) is 55.1 Å². The van der Waals surface area contributed by atoms with Gasteiger partial charge in [0.2, 0.25) is 0 Å². The highest BCUT2D eigenvalue weighted by Gasteiger charge is 2.29. The van der Waals surface area contributed by atoms with Crippen molar-refractivity contribution in [3.8, 4) is 0 Å². The van der Waals surface area contributed by atoms with Gasteiger partial charge in [-0.2, -0.15) is 0 Å². The van der Waals surface area contributed by atoms with Crippen LogP contribution in [0.4, 0.5) is 4.39 Å². The number of nitrogens with two attached hydrogens (primary N) is 1. The zero-order valence-electron chi connectivity index (χ0n) is 11.2. The average molecular weight is 354 g/mol. The highest BCUT2D eigenvalue weighted by atomic mass is 79.9. The first-order valence-corrected chi connectivity index (χ1v) is 6.57. The number of rotatable bonds is 4. The van der Waals surface area contributed by atoms with Crippen LogP contribution in [0.5, 0.6) is 0 Å². The Morgan fingerprint density at radius 1 is 1.53 bits per heavy atom. The van der Waals surface area contributed by atoms with Crippen LogP contribution in [0.25, 0.3) is 0 Å². The monoisotopic (exact) mass is 352 g/mol. The van der Waals surface area contributed by atoms with Crippen LogP contribution in [-0.4, -0.2) is 18.0 Å². The Labute approximate surface area is 127 Å². The van der Waals surface area contributed by atoms with E-state index in [2.05, 4.69) is 21.2 Å². The molecule has 0 heterocycles. The molecule has 0 aliphatic carbocycles. The summed E-state index contributed by atoms with van der Waals surface area (Å²) in [6, 6.07) is 4.29. The number of hydrogen-bond donors (Lipinski definition) is 2. The number of halogens is 3. The van der Waals surface area contributed by atoms with Crippen LogP contribution in [0.1, 0.15) is 31.1 Å². The molecule has 0 aliphatic heterocycles. The van der Waals surface area contributed by atoms with Crippen molar-refractivity contribution in [3.63, 3.8) is 0 Å². The molecular weight excluding hydrogens is 335 g/mol. The van der Waals surface area contributed by atoms with Gasteiger partial charge in [-0.1, -0.05) is 13.8 Å². The third-order valence-corrected chi connectivity index (χ3v) is 3.92. The lowest BCUT2D eigenvalue weighted by atomic mass is 9.88. The van der Waals surface area contributed by atoms with E-state index in [0.717, 1.165) is 0 Å². The van der Waals surface area contributed by atoms with Crippen molar-refractivity contribution in [2.24, 2.45) is 11.7 Å². The van der Waals surface area contributed by atoms with E-state index in [1.807, 2.05) is 20.8 Å². The molecule has 1 aromatic carbocycles. The van der Waals surface area contributed by atoms with Crippen LogP contribution < -0.4 is 11.1 Å². The van der Waals surface area contributed by atoms with E-state index >= 15 is 0 Å². The van der Waals surface area contributed by atoms with Gasteiger partial charge < -0.3 is 11.1 Å². The summed E-state index contributed by atoms with van der Waals surface area (Å²) in [7, 11) is 0. The Morgan fingerprint density at radius 3 is 2.53 bits per heavy atom. The maximum absolute atomic E-state index is 13.4. The van der Waals surface area contributed by atoms with Crippen LogP contribution in [0.3, 0.4) is 0 Å². The summed E-state index contributed by atoms with van der Waals surface area (Å²) in [6.07, 6.45) is 0. The Balaban J connectivity index is 0.00000324. The zero-order chi connectivity index (χ0) is 13.9. The number of benzene rings is 1. The normalized spacial score (nSPS) is 13.6. The fourth-order valence-electron chi connectivity index (χ4n) is 1.40. The summed E-state index contributed by atoms with van der Waals surface area (Å²) >= 11 is 3.05. The molecule has 1 amide bonds. The summed E-state index contributed by atoms with van der Waals surface area (Å²) in [5, 5.41) is 2.86. The number of carbonyl (C=O) groups is 1. The van der Waals surface area contributed by atoms with Crippen LogP contribution in [0, 0.1) is 11.7 Å². The number of carbonyl (C=O) groups excluding carboxylic acids is 1. The fourth-order valence-corrected chi connectivity index (χ4v) is 1.65. The zero-order valence-corrected chi connectivity index (χ0v) is 13.6. The first-order valence-electron chi connectivity index (χ1n) is 5.78. The fraction of sp³-hybridized carbons (Fsp3) is 0.462. The standard InChI is InChI=1S/C13H18BrFN2O.ClH/c1-8(2)13(3,7-16)17-12(18)9-4-5-10(14)11(15)6-9;/h4-6,8H,7,16H2,1-3H3,(H,17,18);1H. The molecule has 108 valence electrons. The Kier molecular flexibility index (Phi) is 6.97. The maximum atomic E-state index is 13.4. The number of nitrogens with one attached hydrogen (secondary N) is 1. The minimum Gasteiger partial charge on any atom is -0.345 e. The molecular formula is C13H19BrClFN2O. The Bertz CT molecular complexity index is 456. The van der Waals surface area contributed by atoms with Gasteiger partial charge in [0.05, 0.1) is 10.0 Å². The average Bonchev–Trinajstić information content (AvgIpc) is 2.32. The lowest BCUT2D eigenvalue weighted by Crippen LogP contribution is -2.55. The SMILES string of the molecule is CC(C)C(C)(CN)NC(=O)c1ccc(Br)c(F)c1.Cl. The van der Waals surface area contributed by atoms with Crippen molar-refractivity contribution in [1.29, 1.82) is 0 Å². The highest BCUT2D eigenvalue weighted by Crippen LogP contribution is 2.19. The first-order chi connectivity index (χ1) is 8.30. The Hall–Kier alpha value is -0.650. The lowest BCUT2D eigenvalue weighted by Gasteiger charge is -2.33. The summed E-state index contributed by atoms with van der Waals surface area (Å²) < 4.78 is 13.7. The molecule has 0 aliphatic rings.